The van der Waals surface area contributed by atoms with Gasteiger partial charge in [0.2, 0.25) is 5.82 Å². The van der Waals surface area contributed by atoms with Crippen LogP contribution < -0.4 is 5.32 Å². The first-order valence-electron chi connectivity index (χ1n) is 9.26. The van der Waals surface area contributed by atoms with Crippen LogP contribution in [0.15, 0.2) is 48.8 Å². The number of alkyl halides is 3. The van der Waals surface area contributed by atoms with Gasteiger partial charge in [-0.15, -0.1) is 10.2 Å². The highest BCUT2D eigenvalue weighted by Crippen LogP contribution is 2.28. The summed E-state index contributed by atoms with van der Waals surface area (Å²) < 4.78 is 42.5. The molecule has 4 rings (SSSR count). The number of halogens is 4. The topological polar surface area (TPSA) is 99.2 Å². The van der Waals surface area contributed by atoms with E-state index < -0.39 is 18.7 Å². The van der Waals surface area contributed by atoms with Gasteiger partial charge in [-0.2, -0.15) is 23.1 Å². The number of nitrogens with one attached hydrogen (secondary N) is 1. The van der Waals surface area contributed by atoms with Gasteiger partial charge >= 0.3 is 6.18 Å². The van der Waals surface area contributed by atoms with Crippen molar-refractivity contribution >= 4 is 28.7 Å². The molecule has 0 aliphatic carbocycles. The molecule has 4 aromatic rings. The van der Waals surface area contributed by atoms with E-state index in [4.69, 9.17) is 11.6 Å². The molecule has 1 amide bonds. The van der Waals surface area contributed by atoms with Crippen LogP contribution in [0.1, 0.15) is 10.4 Å². The zero-order valence-corrected chi connectivity index (χ0v) is 17.0. The number of carbonyl (C=O) groups is 1. The van der Waals surface area contributed by atoms with E-state index in [0.717, 1.165) is 4.80 Å². The number of amides is 1. The monoisotopic (exact) mass is 465 g/mol. The molecule has 32 heavy (non-hydrogen) atoms. The van der Waals surface area contributed by atoms with Crippen molar-refractivity contribution in [3.05, 3.63) is 59.4 Å². The number of aromatic nitrogens is 6. The number of benzene rings is 1. The molecule has 0 fully saturated rings. The third-order valence-electron chi connectivity index (χ3n) is 4.30. The van der Waals surface area contributed by atoms with E-state index in [0.29, 0.717) is 27.4 Å². The molecule has 3 aromatic heterocycles. The summed E-state index contributed by atoms with van der Waals surface area (Å²) in [6, 6.07) is 10.1. The number of carbonyl (C=O) groups excluding carboxylic acids is 1. The van der Waals surface area contributed by atoms with Crippen molar-refractivity contribution in [3.8, 4) is 11.4 Å². The Morgan fingerprint density at radius 3 is 2.88 bits per heavy atom. The maximum Gasteiger partial charge on any atom is 0.411 e. The Bertz CT molecular complexity index is 1260. The van der Waals surface area contributed by atoms with Gasteiger partial charge in [0, 0.05) is 11.8 Å². The van der Waals surface area contributed by atoms with Gasteiger partial charge in [-0.25, -0.2) is 4.52 Å². The van der Waals surface area contributed by atoms with Crippen LogP contribution >= 0.6 is 11.6 Å². The first-order chi connectivity index (χ1) is 15.3. The largest absolute Gasteiger partial charge is 0.411 e. The molecule has 3 heterocycles. The van der Waals surface area contributed by atoms with Crippen LogP contribution in [-0.2, 0) is 11.3 Å². The van der Waals surface area contributed by atoms with Crippen LogP contribution in [0.25, 0.3) is 16.9 Å². The zero-order valence-electron chi connectivity index (χ0n) is 16.3. The Kier molecular flexibility index (Phi) is 6.06. The minimum atomic E-state index is -4.39. The van der Waals surface area contributed by atoms with Crippen molar-refractivity contribution in [3.63, 3.8) is 0 Å². The van der Waals surface area contributed by atoms with Crippen molar-refractivity contribution in [1.29, 1.82) is 0 Å². The lowest BCUT2D eigenvalue weighted by Crippen LogP contribution is -2.19. The van der Waals surface area contributed by atoms with Crippen LogP contribution in [0.4, 0.5) is 18.9 Å². The first kappa shape index (κ1) is 21.7. The molecule has 0 aliphatic heterocycles. The SMILES string of the molecule is O=C(Nc1cc(-c2nnn(CCOCC(F)(F)F)n2)ccc1Cl)c1cnn2ccccc12. The van der Waals surface area contributed by atoms with E-state index in [9.17, 15) is 18.0 Å². The van der Waals surface area contributed by atoms with Crippen LogP contribution in [-0.4, -0.2) is 55.1 Å². The van der Waals surface area contributed by atoms with Crippen LogP contribution in [0, 0.1) is 0 Å². The Balaban J connectivity index is 1.46. The fraction of sp³-hybridized carbons (Fsp3) is 0.211. The summed E-state index contributed by atoms with van der Waals surface area (Å²) in [6.45, 7) is -1.58. The molecule has 166 valence electrons. The number of tetrazole rings is 1. The number of pyridine rings is 1. The molecule has 9 nitrogen and oxygen atoms in total. The summed E-state index contributed by atoms with van der Waals surface area (Å²) in [5.41, 5.74) is 1.84. The number of anilines is 1. The molecule has 0 spiro atoms. The molecule has 13 heteroatoms. The Morgan fingerprint density at radius 2 is 2.06 bits per heavy atom. The second kappa shape index (κ2) is 8.93. The number of hydrogen-bond acceptors (Lipinski definition) is 6. The average Bonchev–Trinajstić information content (AvgIpc) is 3.39. The van der Waals surface area contributed by atoms with E-state index >= 15 is 0 Å². The standard InChI is InChI=1S/C19H15ClF3N7O2/c20-14-5-4-12(17-26-28-30(27-17)7-8-32-11-19(21,22)23)9-15(14)25-18(31)13-10-24-29-6-2-1-3-16(13)29/h1-6,9-10H,7-8,11H2,(H,25,31). The number of nitrogens with zero attached hydrogens (tertiary/aromatic N) is 6. The predicted molar refractivity (Wildman–Crippen MR) is 108 cm³/mol. The van der Waals surface area contributed by atoms with Gasteiger partial charge in [0.25, 0.3) is 5.91 Å². The maximum absolute atomic E-state index is 12.7. The highest BCUT2D eigenvalue weighted by molar-refractivity contribution is 6.34. The number of fused-ring (bicyclic) bond motifs is 1. The Hall–Kier alpha value is -3.51. The summed E-state index contributed by atoms with van der Waals surface area (Å²) >= 11 is 6.23. The molecule has 1 N–H and O–H groups in total. The second-order valence-electron chi connectivity index (χ2n) is 6.61. The molecule has 0 atom stereocenters. The molecule has 1 aromatic carbocycles. The summed E-state index contributed by atoms with van der Waals surface area (Å²) in [7, 11) is 0. The third kappa shape index (κ3) is 5.03. The Labute approximate surface area is 183 Å². The lowest BCUT2D eigenvalue weighted by atomic mass is 10.1. The van der Waals surface area contributed by atoms with Gasteiger partial charge in [-0.05, 0) is 35.5 Å². The highest BCUT2D eigenvalue weighted by atomic mass is 35.5. The second-order valence-corrected chi connectivity index (χ2v) is 7.02. The van der Waals surface area contributed by atoms with Crippen molar-refractivity contribution in [2.75, 3.05) is 18.5 Å². The van der Waals surface area contributed by atoms with E-state index in [2.05, 4.69) is 30.6 Å². The van der Waals surface area contributed by atoms with E-state index in [1.165, 1.54) is 6.20 Å². The van der Waals surface area contributed by atoms with Gasteiger partial charge < -0.3 is 10.1 Å². The molecule has 0 radical (unpaired) electrons. The number of hydrogen-bond donors (Lipinski definition) is 1. The number of rotatable bonds is 7. The fourth-order valence-corrected chi connectivity index (χ4v) is 3.01. The normalized spacial score (nSPS) is 11.8. The van der Waals surface area contributed by atoms with Crippen LogP contribution in [0.2, 0.25) is 5.02 Å². The van der Waals surface area contributed by atoms with Gasteiger partial charge in [0.1, 0.15) is 6.61 Å². The lowest BCUT2D eigenvalue weighted by molar-refractivity contribution is -0.174. The van der Waals surface area contributed by atoms with Crippen LogP contribution in [0.3, 0.4) is 0 Å². The smallest absolute Gasteiger partial charge is 0.370 e. The van der Waals surface area contributed by atoms with Crippen molar-refractivity contribution in [1.82, 2.24) is 29.8 Å². The molecule has 0 saturated heterocycles. The van der Waals surface area contributed by atoms with E-state index in [1.807, 2.05) is 0 Å². The molecular weight excluding hydrogens is 451 g/mol. The highest BCUT2D eigenvalue weighted by Gasteiger charge is 2.27. The van der Waals surface area contributed by atoms with Crippen molar-refractivity contribution < 1.29 is 22.7 Å². The minimum Gasteiger partial charge on any atom is -0.370 e. The van der Waals surface area contributed by atoms with Gasteiger partial charge in [-0.3, -0.25) is 4.79 Å². The third-order valence-corrected chi connectivity index (χ3v) is 4.63. The first-order valence-corrected chi connectivity index (χ1v) is 9.64. The summed E-state index contributed by atoms with van der Waals surface area (Å²) in [5.74, 6) is -0.187. The number of ether oxygens (including phenoxy) is 1. The molecule has 0 saturated carbocycles. The van der Waals surface area contributed by atoms with Crippen LogP contribution in [0.5, 0.6) is 0 Å². The van der Waals surface area contributed by atoms with E-state index in [1.54, 1.807) is 47.1 Å². The minimum absolute atomic E-state index is 0.00497. The lowest BCUT2D eigenvalue weighted by Gasteiger charge is -2.08. The quantitative estimate of drug-likeness (QED) is 0.420. The zero-order chi connectivity index (χ0) is 22.7. The van der Waals surface area contributed by atoms with Gasteiger partial charge in [0.15, 0.2) is 0 Å². The molecule has 0 bridgehead atoms. The fourth-order valence-electron chi connectivity index (χ4n) is 2.85. The van der Waals surface area contributed by atoms with E-state index in [-0.39, 0.29) is 19.0 Å². The summed E-state index contributed by atoms with van der Waals surface area (Å²) in [6.07, 6.45) is -1.21. The van der Waals surface area contributed by atoms with Crippen molar-refractivity contribution in [2.45, 2.75) is 12.7 Å². The van der Waals surface area contributed by atoms with Gasteiger partial charge in [0.05, 0.1) is 41.1 Å². The molecule has 0 aliphatic rings. The van der Waals surface area contributed by atoms with Gasteiger partial charge in [-0.1, -0.05) is 17.7 Å². The summed E-state index contributed by atoms with van der Waals surface area (Å²) in [4.78, 5) is 13.9. The molecular formula is C19H15ClF3N7O2. The maximum atomic E-state index is 12.7. The molecule has 0 unspecified atom stereocenters. The average molecular weight is 466 g/mol. The Morgan fingerprint density at radius 1 is 1.22 bits per heavy atom. The predicted octanol–water partition coefficient (Wildman–Crippen LogP) is 3.47. The summed E-state index contributed by atoms with van der Waals surface area (Å²) in [5, 5.41) is 19.0. The van der Waals surface area contributed by atoms with Crippen molar-refractivity contribution in [2.24, 2.45) is 0 Å².